The van der Waals surface area contributed by atoms with Gasteiger partial charge in [-0.3, -0.25) is 9.69 Å². The number of rotatable bonds is 7. The number of carbonyl (C=O) groups is 1. The van der Waals surface area contributed by atoms with Crippen molar-refractivity contribution in [3.63, 3.8) is 0 Å². The molecule has 0 spiro atoms. The molecule has 2 aromatic carbocycles. The number of aromatic nitrogens is 1. The molecule has 9 heteroatoms. The van der Waals surface area contributed by atoms with E-state index in [1.165, 1.54) is 40.2 Å². The third-order valence-electron chi connectivity index (χ3n) is 5.64. The first-order valence-corrected chi connectivity index (χ1v) is 14.2. The molecule has 1 atom stereocenters. The van der Waals surface area contributed by atoms with Gasteiger partial charge in [-0.1, -0.05) is 54.0 Å². The fourth-order valence-corrected chi connectivity index (χ4v) is 6.07. The van der Waals surface area contributed by atoms with Gasteiger partial charge in [0.2, 0.25) is 5.91 Å². The Kier molecular flexibility index (Phi) is 7.04. The lowest BCUT2D eigenvalue weighted by Gasteiger charge is -2.27. The largest absolute Gasteiger partial charge is 0.302 e. The van der Waals surface area contributed by atoms with Crippen LogP contribution in [0, 0.1) is 5.92 Å². The number of amides is 1. The van der Waals surface area contributed by atoms with Crippen molar-refractivity contribution in [3.05, 3.63) is 74.7 Å². The number of benzene rings is 2. The van der Waals surface area contributed by atoms with E-state index >= 15 is 0 Å². The molecule has 6 nitrogen and oxygen atoms in total. The molecule has 1 N–H and O–H groups in total. The van der Waals surface area contributed by atoms with Crippen LogP contribution in [0.2, 0.25) is 0 Å². The van der Waals surface area contributed by atoms with E-state index in [1.807, 2.05) is 0 Å². The molecule has 0 saturated carbocycles. The number of thiazole rings is 1. The van der Waals surface area contributed by atoms with Crippen molar-refractivity contribution in [2.45, 2.75) is 44.3 Å². The number of hydrogen-bond acceptors (Lipinski definition) is 6. The smallest absolute Gasteiger partial charge is 0.230 e. The molecule has 4 rings (SSSR count). The summed E-state index contributed by atoms with van der Waals surface area (Å²) in [4.78, 5) is 21.2. The third-order valence-corrected chi connectivity index (χ3v) is 8.27. The molecule has 1 aromatic heterocycles. The zero-order valence-electron chi connectivity index (χ0n) is 18.7. The SMILES string of the molecule is CC(C)[C@@H]1c2nc(NC(=O)Cc3ccc(S(C)(=O)=O)cc3)sc2CN1Cc1ccc(Br)cc1. The van der Waals surface area contributed by atoms with Gasteiger partial charge in [-0.05, 0) is 41.3 Å². The average molecular weight is 549 g/mol. The van der Waals surface area contributed by atoms with Crippen LogP contribution in [-0.4, -0.2) is 30.5 Å². The summed E-state index contributed by atoms with van der Waals surface area (Å²) in [6, 6.07) is 15.0. The summed E-state index contributed by atoms with van der Waals surface area (Å²) in [5.41, 5.74) is 3.07. The fourth-order valence-electron chi connectivity index (χ4n) is 4.14. The number of halogens is 1. The number of nitrogens with one attached hydrogen (secondary N) is 1. The molecule has 0 saturated heterocycles. The van der Waals surface area contributed by atoms with Crippen LogP contribution in [0.3, 0.4) is 0 Å². The van der Waals surface area contributed by atoms with Crippen LogP contribution in [-0.2, 0) is 34.1 Å². The van der Waals surface area contributed by atoms with Gasteiger partial charge in [-0.25, -0.2) is 13.4 Å². The van der Waals surface area contributed by atoms with Gasteiger partial charge < -0.3 is 5.32 Å². The molecule has 1 aliphatic rings. The van der Waals surface area contributed by atoms with E-state index in [0.717, 1.165) is 28.8 Å². The average Bonchev–Trinajstić information content (AvgIpc) is 3.25. The molecular weight excluding hydrogens is 522 g/mol. The highest BCUT2D eigenvalue weighted by molar-refractivity contribution is 9.10. The van der Waals surface area contributed by atoms with Gasteiger partial charge in [0.15, 0.2) is 15.0 Å². The minimum Gasteiger partial charge on any atom is -0.302 e. The molecule has 0 aliphatic carbocycles. The third kappa shape index (κ3) is 5.71. The lowest BCUT2D eigenvalue weighted by molar-refractivity contribution is -0.115. The lowest BCUT2D eigenvalue weighted by atomic mass is 10.0. The number of hydrogen-bond donors (Lipinski definition) is 1. The first-order valence-electron chi connectivity index (χ1n) is 10.7. The number of nitrogens with zero attached hydrogens (tertiary/aromatic N) is 2. The number of anilines is 1. The van der Waals surface area contributed by atoms with Crippen molar-refractivity contribution >= 4 is 48.1 Å². The number of fused-ring (bicyclic) bond motifs is 1. The van der Waals surface area contributed by atoms with E-state index in [2.05, 4.69) is 64.3 Å². The standard InChI is InChI=1S/C24H26BrN3O3S2/c1-15(2)23-22-20(14-28(23)13-17-4-8-18(25)9-5-17)32-24(27-22)26-21(29)12-16-6-10-19(11-7-16)33(3,30)31/h4-11,15,23H,12-14H2,1-3H3,(H,26,27,29)/t23-/m1/s1. The summed E-state index contributed by atoms with van der Waals surface area (Å²) in [6.45, 7) is 6.07. The van der Waals surface area contributed by atoms with E-state index < -0.39 is 9.84 Å². The monoisotopic (exact) mass is 547 g/mol. The van der Waals surface area contributed by atoms with Crippen LogP contribution < -0.4 is 5.32 Å². The summed E-state index contributed by atoms with van der Waals surface area (Å²) < 4.78 is 24.3. The van der Waals surface area contributed by atoms with Crippen LogP contribution in [0.15, 0.2) is 57.9 Å². The summed E-state index contributed by atoms with van der Waals surface area (Å²) >= 11 is 5.02. The molecule has 0 unspecified atom stereocenters. The molecule has 33 heavy (non-hydrogen) atoms. The molecule has 3 aromatic rings. The van der Waals surface area contributed by atoms with Crippen molar-refractivity contribution in [2.24, 2.45) is 5.92 Å². The van der Waals surface area contributed by atoms with Crippen molar-refractivity contribution in [1.82, 2.24) is 9.88 Å². The van der Waals surface area contributed by atoms with E-state index in [4.69, 9.17) is 4.98 Å². The Hall–Kier alpha value is -2.07. The highest BCUT2D eigenvalue weighted by Gasteiger charge is 2.36. The second-order valence-electron chi connectivity index (χ2n) is 8.69. The van der Waals surface area contributed by atoms with E-state index in [1.54, 1.807) is 12.1 Å². The molecular formula is C24H26BrN3O3S2. The molecule has 2 heterocycles. The summed E-state index contributed by atoms with van der Waals surface area (Å²) in [5.74, 6) is 0.225. The van der Waals surface area contributed by atoms with Crippen molar-refractivity contribution in [3.8, 4) is 0 Å². The zero-order chi connectivity index (χ0) is 23.8. The Morgan fingerprint density at radius 1 is 1.15 bits per heavy atom. The molecule has 0 bridgehead atoms. The second-order valence-corrected chi connectivity index (χ2v) is 12.7. The highest BCUT2D eigenvalue weighted by Crippen LogP contribution is 2.43. The van der Waals surface area contributed by atoms with Gasteiger partial charge in [-0.15, -0.1) is 11.3 Å². The zero-order valence-corrected chi connectivity index (χ0v) is 21.9. The van der Waals surface area contributed by atoms with Crippen molar-refractivity contribution in [2.75, 3.05) is 11.6 Å². The molecule has 1 amide bonds. The Balaban J connectivity index is 1.42. The van der Waals surface area contributed by atoms with E-state index in [-0.39, 0.29) is 23.3 Å². The Bertz CT molecular complexity index is 1250. The first kappa shape index (κ1) is 24.1. The summed E-state index contributed by atoms with van der Waals surface area (Å²) in [6.07, 6.45) is 1.33. The van der Waals surface area contributed by atoms with Crippen LogP contribution in [0.1, 0.15) is 41.6 Å². The normalized spacial score (nSPS) is 16.2. The predicted molar refractivity (Wildman–Crippen MR) is 135 cm³/mol. The summed E-state index contributed by atoms with van der Waals surface area (Å²) in [7, 11) is -3.25. The highest BCUT2D eigenvalue weighted by atomic mass is 79.9. The predicted octanol–water partition coefficient (Wildman–Crippen LogP) is 5.20. The molecule has 0 fully saturated rings. The van der Waals surface area contributed by atoms with E-state index in [9.17, 15) is 13.2 Å². The Morgan fingerprint density at radius 3 is 2.39 bits per heavy atom. The van der Waals surface area contributed by atoms with Gasteiger partial charge in [0.25, 0.3) is 0 Å². The fraction of sp³-hybridized carbons (Fsp3) is 0.333. The van der Waals surface area contributed by atoms with Gasteiger partial charge in [0, 0.05) is 28.7 Å². The molecule has 174 valence electrons. The first-order chi connectivity index (χ1) is 15.6. The minimum absolute atomic E-state index is 0.164. The van der Waals surface area contributed by atoms with Gasteiger partial charge >= 0.3 is 0 Å². The van der Waals surface area contributed by atoms with Crippen molar-refractivity contribution < 1.29 is 13.2 Å². The quantitative estimate of drug-likeness (QED) is 0.439. The van der Waals surface area contributed by atoms with Crippen LogP contribution in [0.4, 0.5) is 5.13 Å². The van der Waals surface area contributed by atoms with E-state index in [0.29, 0.717) is 11.0 Å². The van der Waals surface area contributed by atoms with Crippen LogP contribution >= 0.6 is 27.3 Å². The number of sulfone groups is 1. The Labute approximate surface area is 207 Å². The maximum atomic E-state index is 12.6. The lowest BCUT2D eigenvalue weighted by Crippen LogP contribution is -2.26. The van der Waals surface area contributed by atoms with Gasteiger partial charge in [0.05, 0.1) is 23.1 Å². The molecule has 1 aliphatic heterocycles. The number of carbonyl (C=O) groups excluding carboxylic acids is 1. The molecule has 0 radical (unpaired) electrons. The van der Waals surface area contributed by atoms with Crippen molar-refractivity contribution in [1.29, 1.82) is 0 Å². The maximum Gasteiger partial charge on any atom is 0.230 e. The summed E-state index contributed by atoms with van der Waals surface area (Å²) in [5, 5.41) is 3.54. The second kappa shape index (κ2) is 9.66. The minimum atomic E-state index is -3.25. The van der Waals surface area contributed by atoms with Crippen LogP contribution in [0.25, 0.3) is 0 Å². The topological polar surface area (TPSA) is 79.4 Å². The van der Waals surface area contributed by atoms with Crippen LogP contribution in [0.5, 0.6) is 0 Å². The maximum absolute atomic E-state index is 12.6. The van der Waals surface area contributed by atoms with Gasteiger partial charge in [0.1, 0.15) is 0 Å². The van der Waals surface area contributed by atoms with Gasteiger partial charge in [-0.2, -0.15) is 0 Å². The Morgan fingerprint density at radius 2 is 1.79 bits per heavy atom.